The van der Waals surface area contributed by atoms with Gasteiger partial charge in [-0.25, -0.2) is 4.98 Å². The van der Waals surface area contributed by atoms with Crippen molar-refractivity contribution in [3.63, 3.8) is 0 Å². The van der Waals surface area contributed by atoms with E-state index in [2.05, 4.69) is 4.98 Å². The molecule has 1 aromatic heterocycles. The Morgan fingerprint density at radius 3 is 3.11 bits per heavy atom. The van der Waals surface area contributed by atoms with Crippen LogP contribution in [0.25, 0.3) is 0 Å². The summed E-state index contributed by atoms with van der Waals surface area (Å²) in [5.41, 5.74) is 0. The predicted molar refractivity (Wildman–Crippen MR) is 76.3 cm³/mol. The molecule has 1 saturated carbocycles. The summed E-state index contributed by atoms with van der Waals surface area (Å²) in [6, 6.07) is 0. The van der Waals surface area contributed by atoms with Gasteiger partial charge in [-0.2, -0.15) is 0 Å². The van der Waals surface area contributed by atoms with E-state index in [9.17, 15) is 9.90 Å². The van der Waals surface area contributed by atoms with Crippen LogP contribution in [0.2, 0.25) is 0 Å². The number of rotatable bonds is 6. The zero-order valence-corrected chi connectivity index (χ0v) is 12.6. The molecule has 3 atom stereocenters. The molecule has 1 aliphatic rings. The maximum Gasteiger partial charge on any atom is 0.302 e. The summed E-state index contributed by atoms with van der Waals surface area (Å²) < 4.78 is 6.44. The second kappa shape index (κ2) is 7.26. The van der Waals surface area contributed by atoms with Gasteiger partial charge in [-0.05, 0) is 25.2 Å². The van der Waals surface area contributed by atoms with Crippen LogP contribution in [0.15, 0.2) is 15.9 Å². The lowest BCUT2D eigenvalue weighted by atomic mass is 9.93. The van der Waals surface area contributed by atoms with Gasteiger partial charge in [0.15, 0.2) is 0 Å². The van der Waals surface area contributed by atoms with Crippen molar-refractivity contribution in [1.29, 1.82) is 0 Å². The first-order valence-electron chi connectivity index (χ1n) is 6.51. The van der Waals surface area contributed by atoms with Crippen molar-refractivity contribution in [3.8, 4) is 0 Å². The van der Waals surface area contributed by atoms with Crippen LogP contribution in [0.4, 0.5) is 0 Å². The molecule has 1 aromatic rings. The Hall–Kier alpha value is -0.590. The van der Waals surface area contributed by atoms with Gasteiger partial charge in [-0.1, -0.05) is 11.8 Å². The third-order valence-corrected chi connectivity index (χ3v) is 5.54. The van der Waals surface area contributed by atoms with E-state index in [-0.39, 0.29) is 30.5 Å². The largest absolute Gasteiger partial charge is 0.462 e. The molecule has 0 bridgehead atoms. The van der Waals surface area contributed by atoms with Crippen molar-refractivity contribution >= 4 is 29.1 Å². The van der Waals surface area contributed by atoms with Gasteiger partial charge in [0.05, 0.1) is 0 Å². The smallest absolute Gasteiger partial charge is 0.302 e. The molecule has 0 aromatic carbocycles. The van der Waals surface area contributed by atoms with Crippen LogP contribution in [0.5, 0.6) is 0 Å². The number of aliphatic hydroxyl groups is 1. The fraction of sp³-hybridized carbons (Fsp3) is 0.692. The molecule has 0 amide bonds. The lowest BCUT2D eigenvalue weighted by molar-refractivity contribution is -0.148. The maximum atomic E-state index is 11.1. The molecule has 6 heteroatoms. The first-order chi connectivity index (χ1) is 9.20. The zero-order valence-electron chi connectivity index (χ0n) is 10.9. The number of aromatic nitrogens is 1. The Morgan fingerprint density at radius 2 is 2.47 bits per heavy atom. The molecule has 4 nitrogen and oxygen atoms in total. The van der Waals surface area contributed by atoms with Crippen LogP contribution >= 0.6 is 23.1 Å². The first-order valence-corrected chi connectivity index (χ1v) is 8.37. The molecule has 1 heterocycles. The number of carbonyl (C=O) groups is 1. The average molecular weight is 301 g/mol. The Bertz CT molecular complexity index is 397. The third-order valence-electron chi connectivity index (χ3n) is 3.54. The highest BCUT2D eigenvalue weighted by atomic mass is 32.2. The number of ether oxygens (including phenoxy) is 1. The summed E-state index contributed by atoms with van der Waals surface area (Å²) in [5.74, 6) is 1.27. The molecule has 0 aliphatic heterocycles. The summed E-state index contributed by atoms with van der Waals surface area (Å²) >= 11 is 3.37. The zero-order chi connectivity index (χ0) is 13.7. The molecular weight excluding hydrogens is 282 g/mol. The second-order valence-corrected chi connectivity index (χ2v) is 7.00. The van der Waals surface area contributed by atoms with Gasteiger partial charge in [0.25, 0.3) is 0 Å². The van der Waals surface area contributed by atoms with Gasteiger partial charge in [-0.3, -0.25) is 4.79 Å². The van der Waals surface area contributed by atoms with Gasteiger partial charge >= 0.3 is 5.97 Å². The van der Waals surface area contributed by atoms with E-state index in [1.54, 1.807) is 29.3 Å². The molecule has 0 saturated heterocycles. The Morgan fingerprint density at radius 1 is 1.63 bits per heavy atom. The summed E-state index contributed by atoms with van der Waals surface area (Å²) in [6.45, 7) is 1.64. The number of hydrogen-bond acceptors (Lipinski definition) is 6. The normalized spacial score (nSPS) is 26.5. The first kappa shape index (κ1) is 14.8. The van der Waals surface area contributed by atoms with E-state index >= 15 is 0 Å². The fourth-order valence-electron chi connectivity index (χ4n) is 2.68. The van der Waals surface area contributed by atoms with Gasteiger partial charge in [0, 0.05) is 36.8 Å². The summed E-state index contributed by atoms with van der Waals surface area (Å²) in [7, 11) is 0. The summed E-state index contributed by atoms with van der Waals surface area (Å²) in [5, 5.41) is 11.4. The monoisotopic (exact) mass is 301 g/mol. The van der Waals surface area contributed by atoms with E-state index in [1.165, 1.54) is 6.92 Å². The molecule has 0 radical (unpaired) electrons. The Labute approximate surface area is 121 Å². The van der Waals surface area contributed by atoms with Crippen molar-refractivity contribution in [2.45, 2.75) is 36.6 Å². The van der Waals surface area contributed by atoms with E-state index in [1.807, 2.05) is 5.38 Å². The lowest BCUT2D eigenvalue weighted by Crippen LogP contribution is -2.26. The summed E-state index contributed by atoms with van der Waals surface area (Å²) in [4.78, 5) is 15.3. The number of aliphatic hydroxyl groups excluding tert-OH is 1. The Balaban J connectivity index is 1.84. The van der Waals surface area contributed by atoms with Gasteiger partial charge in [0.1, 0.15) is 10.4 Å². The van der Waals surface area contributed by atoms with Crippen molar-refractivity contribution in [3.05, 3.63) is 11.6 Å². The van der Waals surface area contributed by atoms with Crippen molar-refractivity contribution in [2.75, 3.05) is 12.4 Å². The van der Waals surface area contributed by atoms with Crippen molar-refractivity contribution in [2.24, 2.45) is 11.8 Å². The predicted octanol–water partition coefficient (Wildman–Crippen LogP) is 2.58. The van der Waals surface area contributed by atoms with Crippen LogP contribution in [0.1, 0.15) is 26.2 Å². The molecule has 1 aliphatic carbocycles. The van der Waals surface area contributed by atoms with Crippen molar-refractivity contribution in [1.82, 2.24) is 4.98 Å². The SMILES string of the molecule is CC(=O)O[C@H]1CC[C@H](CO)[C@H]1CCSc1nccs1. The highest BCUT2D eigenvalue weighted by molar-refractivity contribution is 8.00. The van der Waals surface area contributed by atoms with E-state index in [0.29, 0.717) is 0 Å². The number of thioether (sulfide) groups is 1. The highest BCUT2D eigenvalue weighted by Gasteiger charge is 2.37. The Kier molecular flexibility index (Phi) is 5.66. The molecule has 1 fully saturated rings. The van der Waals surface area contributed by atoms with Crippen LogP contribution in [0, 0.1) is 11.8 Å². The van der Waals surface area contributed by atoms with Gasteiger partial charge in [0.2, 0.25) is 0 Å². The molecule has 1 N–H and O–H groups in total. The minimum absolute atomic E-state index is 0.0217. The number of nitrogens with zero attached hydrogens (tertiary/aromatic N) is 1. The fourth-order valence-corrected chi connectivity index (χ4v) is 4.43. The molecule has 0 unspecified atom stereocenters. The topological polar surface area (TPSA) is 59.4 Å². The van der Waals surface area contributed by atoms with Crippen LogP contribution in [-0.4, -0.2) is 34.5 Å². The van der Waals surface area contributed by atoms with E-state index in [0.717, 1.165) is 29.4 Å². The van der Waals surface area contributed by atoms with Crippen molar-refractivity contribution < 1.29 is 14.6 Å². The lowest BCUT2D eigenvalue weighted by Gasteiger charge is -2.23. The minimum atomic E-state index is -0.221. The van der Waals surface area contributed by atoms with E-state index in [4.69, 9.17) is 4.74 Å². The average Bonchev–Trinajstić information content (AvgIpc) is 2.99. The number of thiazole rings is 1. The van der Waals surface area contributed by atoms with E-state index < -0.39 is 0 Å². The van der Waals surface area contributed by atoms with Crippen LogP contribution < -0.4 is 0 Å². The van der Waals surface area contributed by atoms with Crippen LogP contribution in [0.3, 0.4) is 0 Å². The van der Waals surface area contributed by atoms with Crippen LogP contribution in [-0.2, 0) is 9.53 Å². The second-order valence-electron chi connectivity index (χ2n) is 4.77. The molecular formula is C13H19NO3S2. The van der Waals surface area contributed by atoms with Gasteiger partial charge in [-0.15, -0.1) is 11.3 Å². The minimum Gasteiger partial charge on any atom is -0.462 e. The number of hydrogen-bond donors (Lipinski definition) is 1. The summed E-state index contributed by atoms with van der Waals surface area (Å²) in [6.07, 6.45) is 4.55. The van der Waals surface area contributed by atoms with Gasteiger partial charge < -0.3 is 9.84 Å². The highest BCUT2D eigenvalue weighted by Crippen LogP contribution is 2.37. The number of carbonyl (C=O) groups excluding carboxylic acids is 1. The number of esters is 1. The standard InChI is InChI=1S/C13H19NO3S2/c1-9(16)17-12-3-2-10(8-15)11(12)4-6-18-13-14-5-7-19-13/h5,7,10-12,15H,2-4,6,8H2,1H3/t10-,11-,12+/m1/s1. The molecule has 19 heavy (non-hydrogen) atoms. The molecule has 2 rings (SSSR count). The maximum absolute atomic E-state index is 11.1. The molecule has 0 spiro atoms. The quantitative estimate of drug-likeness (QED) is 0.646. The third kappa shape index (κ3) is 4.19. The molecule has 106 valence electrons.